The standard InChI is InChI=1S/C15H14F2N2S/c16-11-6-4-10(5-7-11)8-9-19-13-3-1-2-12(17)14(13)15(18)20/h1-7,19H,8-9H2,(H2,18,20). The van der Waals surface area contributed by atoms with Crippen LogP contribution in [-0.2, 0) is 6.42 Å². The van der Waals surface area contributed by atoms with Crippen LogP contribution in [0, 0.1) is 11.6 Å². The van der Waals surface area contributed by atoms with Gasteiger partial charge in [0.05, 0.1) is 5.56 Å². The van der Waals surface area contributed by atoms with Gasteiger partial charge in [-0.1, -0.05) is 30.4 Å². The molecular formula is C15H14F2N2S. The number of benzene rings is 2. The third-order valence-corrected chi connectivity index (χ3v) is 3.11. The topological polar surface area (TPSA) is 38.0 Å². The van der Waals surface area contributed by atoms with E-state index in [0.717, 1.165) is 5.56 Å². The molecule has 0 aliphatic rings. The van der Waals surface area contributed by atoms with Crippen molar-refractivity contribution in [2.45, 2.75) is 6.42 Å². The van der Waals surface area contributed by atoms with Crippen LogP contribution in [0.25, 0.3) is 0 Å². The summed E-state index contributed by atoms with van der Waals surface area (Å²) in [7, 11) is 0. The van der Waals surface area contributed by atoms with E-state index >= 15 is 0 Å². The van der Waals surface area contributed by atoms with Gasteiger partial charge in [-0.2, -0.15) is 0 Å². The van der Waals surface area contributed by atoms with Crippen LogP contribution in [0.5, 0.6) is 0 Å². The number of rotatable bonds is 5. The van der Waals surface area contributed by atoms with E-state index in [0.29, 0.717) is 18.7 Å². The van der Waals surface area contributed by atoms with Crippen molar-refractivity contribution in [1.82, 2.24) is 0 Å². The van der Waals surface area contributed by atoms with Crippen LogP contribution in [-0.4, -0.2) is 11.5 Å². The first-order chi connectivity index (χ1) is 9.58. The molecule has 20 heavy (non-hydrogen) atoms. The van der Waals surface area contributed by atoms with E-state index in [1.165, 1.54) is 18.2 Å². The minimum absolute atomic E-state index is 0.0207. The average molecular weight is 292 g/mol. The highest BCUT2D eigenvalue weighted by molar-refractivity contribution is 7.80. The normalized spacial score (nSPS) is 10.3. The molecule has 0 saturated carbocycles. The van der Waals surface area contributed by atoms with E-state index in [2.05, 4.69) is 5.32 Å². The molecule has 0 aliphatic heterocycles. The molecule has 0 heterocycles. The fourth-order valence-corrected chi connectivity index (χ4v) is 2.12. The second kappa shape index (κ2) is 6.43. The Morgan fingerprint density at radius 2 is 1.80 bits per heavy atom. The van der Waals surface area contributed by atoms with Gasteiger partial charge < -0.3 is 11.1 Å². The lowest BCUT2D eigenvalue weighted by molar-refractivity contribution is 0.625. The zero-order valence-corrected chi connectivity index (χ0v) is 11.5. The molecule has 0 spiro atoms. The van der Waals surface area contributed by atoms with Crippen LogP contribution < -0.4 is 11.1 Å². The Bertz CT molecular complexity index is 612. The zero-order chi connectivity index (χ0) is 14.5. The highest BCUT2D eigenvalue weighted by atomic mass is 32.1. The second-order valence-corrected chi connectivity index (χ2v) is 4.77. The minimum Gasteiger partial charge on any atom is -0.389 e. The van der Waals surface area contributed by atoms with E-state index in [-0.39, 0.29) is 16.4 Å². The molecule has 2 aromatic rings. The number of nitrogens with one attached hydrogen (secondary N) is 1. The summed E-state index contributed by atoms with van der Waals surface area (Å²) >= 11 is 4.85. The van der Waals surface area contributed by atoms with Crippen molar-refractivity contribution in [1.29, 1.82) is 0 Å². The van der Waals surface area contributed by atoms with E-state index in [9.17, 15) is 8.78 Å². The Hall–Kier alpha value is -2.01. The summed E-state index contributed by atoms with van der Waals surface area (Å²) in [6.07, 6.45) is 0.688. The Kier molecular flexibility index (Phi) is 4.63. The molecule has 2 nitrogen and oxygen atoms in total. The summed E-state index contributed by atoms with van der Waals surface area (Å²) in [5.41, 5.74) is 7.31. The number of hydrogen-bond acceptors (Lipinski definition) is 2. The molecule has 0 amide bonds. The fraction of sp³-hybridized carbons (Fsp3) is 0.133. The lowest BCUT2D eigenvalue weighted by Gasteiger charge is -2.12. The van der Waals surface area contributed by atoms with Crippen LogP contribution in [0.1, 0.15) is 11.1 Å². The summed E-state index contributed by atoms with van der Waals surface area (Å²) in [6.45, 7) is 0.574. The van der Waals surface area contributed by atoms with Crippen molar-refractivity contribution in [2.24, 2.45) is 5.73 Å². The molecule has 5 heteroatoms. The molecule has 3 N–H and O–H groups in total. The van der Waals surface area contributed by atoms with Crippen LogP contribution in [0.4, 0.5) is 14.5 Å². The Balaban J connectivity index is 2.02. The minimum atomic E-state index is -0.440. The summed E-state index contributed by atoms with van der Waals surface area (Å²) in [5, 5.41) is 3.10. The number of halogens is 2. The number of nitrogens with two attached hydrogens (primary N) is 1. The van der Waals surface area contributed by atoms with Gasteiger partial charge in [0.2, 0.25) is 0 Å². The Morgan fingerprint density at radius 3 is 2.45 bits per heavy atom. The first-order valence-electron chi connectivity index (χ1n) is 6.14. The van der Waals surface area contributed by atoms with E-state index in [1.54, 1.807) is 24.3 Å². The van der Waals surface area contributed by atoms with Gasteiger partial charge in [-0.05, 0) is 36.2 Å². The summed E-state index contributed by atoms with van der Waals surface area (Å²) < 4.78 is 26.4. The maximum atomic E-state index is 13.6. The molecule has 0 aliphatic carbocycles. The molecule has 0 unspecified atom stereocenters. The van der Waals surface area contributed by atoms with Crippen molar-refractivity contribution >= 4 is 22.9 Å². The predicted octanol–water partition coefficient (Wildman–Crippen LogP) is 3.25. The molecular weight excluding hydrogens is 278 g/mol. The van der Waals surface area contributed by atoms with Crippen molar-refractivity contribution in [3.05, 3.63) is 65.2 Å². The van der Waals surface area contributed by atoms with E-state index in [1.807, 2.05) is 0 Å². The molecule has 0 saturated heterocycles. The highest BCUT2D eigenvalue weighted by Crippen LogP contribution is 2.18. The Morgan fingerprint density at radius 1 is 1.10 bits per heavy atom. The Labute approximate surface area is 121 Å². The molecule has 2 rings (SSSR count). The highest BCUT2D eigenvalue weighted by Gasteiger charge is 2.10. The van der Waals surface area contributed by atoms with Gasteiger partial charge in [-0.3, -0.25) is 0 Å². The number of hydrogen-bond donors (Lipinski definition) is 2. The van der Waals surface area contributed by atoms with Gasteiger partial charge >= 0.3 is 0 Å². The average Bonchev–Trinajstić information content (AvgIpc) is 2.40. The van der Waals surface area contributed by atoms with Crippen molar-refractivity contribution in [3.8, 4) is 0 Å². The lowest BCUT2D eigenvalue weighted by atomic mass is 10.1. The molecule has 0 fully saturated rings. The number of thiocarbonyl (C=S) groups is 1. The molecule has 2 aromatic carbocycles. The monoisotopic (exact) mass is 292 g/mol. The third kappa shape index (κ3) is 3.51. The van der Waals surface area contributed by atoms with Gasteiger partial charge in [0.15, 0.2) is 0 Å². The molecule has 0 aromatic heterocycles. The van der Waals surface area contributed by atoms with Gasteiger partial charge in [0.1, 0.15) is 16.6 Å². The van der Waals surface area contributed by atoms with Crippen molar-refractivity contribution in [2.75, 3.05) is 11.9 Å². The molecule has 0 atom stereocenters. The third-order valence-electron chi connectivity index (χ3n) is 2.90. The molecule has 0 radical (unpaired) electrons. The fourth-order valence-electron chi connectivity index (χ4n) is 1.91. The maximum absolute atomic E-state index is 13.6. The summed E-state index contributed by atoms with van der Waals surface area (Å²) in [5.74, 6) is -0.702. The zero-order valence-electron chi connectivity index (χ0n) is 10.7. The first-order valence-corrected chi connectivity index (χ1v) is 6.55. The maximum Gasteiger partial charge on any atom is 0.135 e. The smallest absolute Gasteiger partial charge is 0.135 e. The van der Waals surface area contributed by atoms with Gasteiger partial charge in [-0.15, -0.1) is 0 Å². The SMILES string of the molecule is NC(=S)c1c(F)cccc1NCCc1ccc(F)cc1. The van der Waals surface area contributed by atoms with Gasteiger partial charge in [0, 0.05) is 12.2 Å². The number of anilines is 1. The first kappa shape index (κ1) is 14.4. The van der Waals surface area contributed by atoms with Crippen LogP contribution >= 0.6 is 12.2 Å². The van der Waals surface area contributed by atoms with Crippen LogP contribution in [0.2, 0.25) is 0 Å². The van der Waals surface area contributed by atoms with E-state index in [4.69, 9.17) is 18.0 Å². The largest absolute Gasteiger partial charge is 0.389 e. The second-order valence-electron chi connectivity index (χ2n) is 4.33. The van der Waals surface area contributed by atoms with Crippen LogP contribution in [0.15, 0.2) is 42.5 Å². The van der Waals surface area contributed by atoms with Crippen molar-refractivity contribution in [3.63, 3.8) is 0 Å². The summed E-state index contributed by atoms with van der Waals surface area (Å²) in [4.78, 5) is 0.0207. The molecule has 0 bridgehead atoms. The van der Waals surface area contributed by atoms with E-state index < -0.39 is 5.82 Å². The quantitative estimate of drug-likeness (QED) is 0.831. The van der Waals surface area contributed by atoms with Crippen LogP contribution in [0.3, 0.4) is 0 Å². The predicted molar refractivity (Wildman–Crippen MR) is 80.9 cm³/mol. The molecule has 104 valence electrons. The van der Waals surface area contributed by atoms with Gasteiger partial charge in [0.25, 0.3) is 0 Å². The van der Waals surface area contributed by atoms with Gasteiger partial charge in [-0.25, -0.2) is 8.78 Å². The lowest BCUT2D eigenvalue weighted by Crippen LogP contribution is -2.16. The van der Waals surface area contributed by atoms with Crippen molar-refractivity contribution < 1.29 is 8.78 Å². The summed E-state index contributed by atoms with van der Waals surface area (Å²) in [6, 6.07) is 10.9.